The summed E-state index contributed by atoms with van der Waals surface area (Å²) in [6.45, 7) is 0. The van der Waals surface area contributed by atoms with Gasteiger partial charge in [0.05, 0.1) is 17.4 Å². The third-order valence-corrected chi connectivity index (χ3v) is 5.80. The van der Waals surface area contributed by atoms with E-state index in [2.05, 4.69) is 22.6 Å². The van der Waals surface area contributed by atoms with Crippen LogP contribution in [-0.2, 0) is 9.59 Å². The highest BCUT2D eigenvalue weighted by molar-refractivity contribution is 6.08. The van der Waals surface area contributed by atoms with Crippen molar-refractivity contribution < 1.29 is 14.4 Å². The van der Waals surface area contributed by atoms with E-state index in [1.54, 1.807) is 18.3 Å². The van der Waals surface area contributed by atoms with Crippen LogP contribution in [0.3, 0.4) is 0 Å². The Bertz CT molecular complexity index is 724. The van der Waals surface area contributed by atoms with Crippen LogP contribution in [0.25, 0.3) is 0 Å². The molecule has 3 fully saturated rings. The molecule has 6 rings (SSSR count). The van der Waals surface area contributed by atoms with Crippen LogP contribution >= 0.6 is 0 Å². The minimum Gasteiger partial charge on any atom is -0.272 e. The highest BCUT2D eigenvalue weighted by atomic mass is 16.2. The van der Waals surface area contributed by atoms with E-state index in [4.69, 9.17) is 0 Å². The molecule has 1 N–H and O–H groups in total. The Morgan fingerprint density at radius 1 is 1.13 bits per heavy atom. The zero-order valence-corrected chi connectivity index (χ0v) is 12.3. The average molecular weight is 309 g/mol. The maximum atomic E-state index is 12.7. The number of allylic oxidation sites excluding steroid dienone is 2. The number of carbonyl (C=O) groups excluding carboxylic acids is 3. The Hall–Kier alpha value is -2.50. The molecule has 3 amide bonds. The van der Waals surface area contributed by atoms with Gasteiger partial charge in [0.15, 0.2) is 0 Å². The van der Waals surface area contributed by atoms with Crippen LogP contribution < -0.4 is 5.43 Å². The van der Waals surface area contributed by atoms with Crippen molar-refractivity contribution in [2.45, 2.75) is 6.42 Å². The van der Waals surface area contributed by atoms with Crippen LogP contribution in [0.5, 0.6) is 0 Å². The molecule has 6 nitrogen and oxygen atoms in total. The van der Waals surface area contributed by atoms with Gasteiger partial charge in [0.1, 0.15) is 0 Å². The maximum Gasteiger partial charge on any atom is 0.271 e. The van der Waals surface area contributed by atoms with Crippen molar-refractivity contribution in [2.75, 3.05) is 0 Å². The van der Waals surface area contributed by atoms with Gasteiger partial charge in [-0.3, -0.25) is 24.8 Å². The lowest BCUT2D eigenvalue weighted by atomic mass is 9.63. The van der Waals surface area contributed by atoms with E-state index >= 15 is 0 Å². The Balaban J connectivity index is 1.42. The molecule has 1 aromatic rings. The van der Waals surface area contributed by atoms with Gasteiger partial charge >= 0.3 is 0 Å². The molecule has 116 valence electrons. The highest BCUT2D eigenvalue weighted by Crippen LogP contribution is 2.65. The van der Waals surface area contributed by atoms with Gasteiger partial charge in [-0.05, 0) is 42.2 Å². The summed E-state index contributed by atoms with van der Waals surface area (Å²) in [6.07, 6.45) is 8.31. The van der Waals surface area contributed by atoms with Gasteiger partial charge in [0.25, 0.3) is 17.7 Å². The fourth-order valence-electron chi connectivity index (χ4n) is 4.73. The van der Waals surface area contributed by atoms with E-state index in [-0.39, 0.29) is 35.5 Å². The minimum atomic E-state index is -0.482. The lowest BCUT2D eigenvalue weighted by Gasteiger charge is -2.37. The van der Waals surface area contributed by atoms with Gasteiger partial charge < -0.3 is 0 Å². The number of hydrogen-bond acceptors (Lipinski definition) is 4. The largest absolute Gasteiger partial charge is 0.272 e. The van der Waals surface area contributed by atoms with E-state index in [0.717, 1.165) is 11.4 Å². The molecule has 0 spiro atoms. The first-order valence-electron chi connectivity index (χ1n) is 7.94. The lowest BCUT2D eigenvalue weighted by molar-refractivity contribution is -0.143. The molecule has 6 atom stereocenters. The zero-order valence-electron chi connectivity index (χ0n) is 12.3. The second kappa shape index (κ2) is 4.28. The molecule has 4 aliphatic carbocycles. The Morgan fingerprint density at radius 2 is 1.78 bits per heavy atom. The number of rotatable bonds is 2. The number of hydrogen-bond donors (Lipinski definition) is 1. The van der Waals surface area contributed by atoms with Gasteiger partial charge in [0.2, 0.25) is 0 Å². The SMILES string of the molecule is O=C(NN1C(=O)[C@H]2[C@@H]3C=C[C@@H]([C@H]4C[C@H]34)[C@@H]2C1=O)c1cccnc1. The number of hydrazine groups is 1. The van der Waals surface area contributed by atoms with Crippen molar-refractivity contribution >= 4 is 17.7 Å². The van der Waals surface area contributed by atoms with E-state index in [1.807, 2.05) is 0 Å². The van der Waals surface area contributed by atoms with Crippen LogP contribution in [0.1, 0.15) is 16.8 Å². The first-order chi connectivity index (χ1) is 11.2. The first-order valence-corrected chi connectivity index (χ1v) is 7.94. The Kier molecular flexibility index (Phi) is 2.42. The number of nitrogens with zero attached hydrogens (tertiary/aromatic N) is 2. The normalized spacial score (nSPS) is 39.2. The van der Waals surface area contributed by atoms with Crippen molar-refractivity contribution in [1.82, 2.24) is 15.4 Å². The predicted octanol–water partition coefficient (Wildman–Crippen LogP) is 0.779. The van der Waals surface area contributed by atoms with Crippen LogP contribution in [0.2, 0.25) is 0 Å². The second-order valence-electron chi connectivity index (χ2n) is 6.85. The number of nitrogens with one attached hydrogen (secondary N) is 1. The van der Waals surface area contributed by atoms with Gasteiger partial charge in [-0.1, -0.05) is 12.2 Å². The number of carbonyl (C=O) groups is 3. The molecule has 0 radical (unpaired) electrons. The number of aromatic nitrogens is 1. The van der Waals surface area contributed by atoms with E-state index < -0.39 is 5.91 Å². The van der Waals surface area contributed by atoms with Crippen molar-refractivity contribution in [3.05, 3.63) is 42.2 Å². The van der Waals surface area contributed by atoms with E-state index in [9.17, 15) is 14.4 Å². The molecule has 2 saturated carbocycles. The summed E-state index contributed by atoms with van der Waals surface area (Å²) in [6, 6.07) is 3.24. The quantitative estimate of drug-likeness (QED) is 0.647. The second-order valence-corrected chi connectivity index (χ2v) is 6.85. The molecule has 2 heterocycles. The van der Waals surface area contributed by atoms with Gasteiger partial charge in [-0.25, -0.2) is 0 Å². The van der Waals surface area contributed by atoms with Gasteiger partial charge in [-0.15, -0.1) is 0 Å². The lowest BCUT2D eigenvalue weighted by Crippen LogP contribution is -2.46. The standard InChI is InChI=1S/C17H15N3O3/c21-15(8-2-1-5-18-7-8)19-20-16(22)13-9-3-4-10(12-6-11(9)12)14(13)17(20)23/h1-5,7,9-14H,6H2,(H,19,21)/t9-,10+,11-,12-,13+,14+/m1/s1. The van der Waals surface area contributed by atoms with E-state index in [0.29, 0.717) is 17.4 Å². The summed E-state index contributed by atoms with van der Waals surface area (Å²) in [4.78, 5) is 41.5. The first kappa shape index (κ1) is 13.0. The summed E-state index contributed by atoms with van der Waals surface area (Å²) in [5, 5.41) is 0.947. The molecule has 1 saturated heterocycles. The molecule has 0 aromatic carbocycles. The topological polar surface area (TPSA) is 79.4 Å². The summed E-state index contributed by atoms with van der Waals surface area (Å²) < 4.78 is 0. The predicted molar refractivity (Wildman–Crippen MR) is 78.3 cm³/mol. The van der Waals surface area contributed by atoms with Crippen molar-refractivity contribution in [3.8, 4) is 0 Å². The van der Waals surface area contributed by atoms with Crippen molar-refractivity contribution in [2.24, 2.45) is 35.5 Å². The monoisotopic (exact) mass is 309 g/mol. The van der Waals surface area contributed by atoms with Crippen molar-refractivity contribution in [1.29, 1.82) is 0 Å². The van der Waals surface area contributed by atoms with Gasteiger partial charge in [-0.2, -0.15) is 5.01 Å². The minimum absolute atomic E-state index is 0.159. The van der Waals surface area contributed by atoms with Crippen LogP contribution in [-0.4, -0.2) is 27.7 Å². The molecule has 1 aliphatic heterocycles. The third-order valence-electron chi connectivity index (χ3n) is 5.80. The average Bonchev–Trinajstić information content (AvgIpc) is 3.37. The molecular weight excluding hydrogens is 294 g/mol. The van der Waals surface area contributed by atoms with Crippen molar-refractivity contribution in [3.63, 3.8) is 0 Å². The third kappa shape index (κ3) is 1.63. The smallest absolute Gasteiger partial charge is 0.271 e. The highest BCUT2D eigenvalue weighted by Gasteiger charge is 2.67. The molecule has 2 bridgehead atoms. The molecule has 6 heteroatoms. The zero-order chi connectivity index (χ0) is 15.7. The Labute approximate surface area is 132 Å². The maximum absolute atomic E-state index is 12.7. The molecule has 23 heavy (non-hydrogen) atoms. The summed E-state index contributed by atoms with van der Waals surface area (Å²) in [5.41, 5.74) is 2.80. The summed E-state index contributed by atoms with van der Waals surface area (Å²) in [5.74, 6) is -0.175. The number of amides is 3. The molecule has 0 unspecified atom stereocenters. The Morgan fingerprint density at radius 3 is 2.35 bits per heavy atom. The number of imide groups is 1. The fraction of sp³-hybridized carbons (Fsp3) is 0.412. The van der Waals surface area contributed by atoms with E-state index in [1.165, 1.54) is 6.20 Å². The molecule has 5 aliphatic rings. The molecule has 1 aromatic heterocycles. The fourth-order valence-corrected chi connectivity index (χ4v) is 4.73. The van der Waals surface area contributed by atoms with Gasteiger partial charge in [0, 0.05) is 12.4 Å². The van der Waals surface area contributed by atoms with Crippen LogP contribution in [0.4, 0.5) is 0 Å². The summed E-state index contributed by atoms with van der Waals surface area (Å²) >= 11 is 0. The molecular formula is C17H15N3O3. The van der Waals surface area contributed by atoms with Crippen LogP contribution in [0.15, 0.2) is 36.7 Å². The van der Waals surface area contributed by atoms with Crippen LogP contribution in [0, 0.1) is 35.5 Å². The number of pyridine rings is 1. The summed E-state index contributed by atoms with van der Waals surface area (Å²) in [7, 11) is 0.